The minimum Gasteiger partial charge on any atom is -0.370 e. The third-order valence-electron chi connectivity index (χ3n) is 3.34. The first-order chi connectivity index (χ1) is 8.35. The number of fused-ring (bicyclic) bond motifs is 1. The van der Waals surface area contributed by atoms with Gasteiger partial charge in [0.2, 0.25) is 0 Å². The van der Waals surface area contributed by atoms with Crippen LogP contribution in [0.3, 0.4) is 0 Å². The zero-order chi connectivity index (χ0) is 12.1. The van der Waals surface area contributed by atoms with Gasteiger partial charge in [-0.3, -0.25) is 0 Å². The first kappa shape index (κ1) is 12.3. The minimum absolute atomic E-state index is 0.925. The molecule has 0 unspecified atom stereocenters. The van der Waals surface area contributed by atoms with E-state index in [4.69, 9.17) is 4.98 Å². The van der Waals surface area contributed by atoms with Gasteiger partial charge in [0.1, 0.15) is 11.6 Å². The highest BCUT2D eigenvalue weighted by molar-refractivity contribution is 5.47. The van der Waals surface area contributed by atoms with Crippen LogP contribution in [-0.2, 0) is 19.3 Å². The van der Waals surface area contributed by atoms with E-state index in [2.05, 4.69) is 24.1 Å². The number of aromatic nitrogens is 2. The quantitative estimate of drug-likeness (QED) is 0.812. The molecule has 0 amide bonds. The minimum atomic E-state index is 0.925. The van der Waals surface area contributed by atoms with Crippen molar-refractivity contribution in [1.82, 2.24) is 9.97 Å². The van der Waals surface area contributed by atoms with Crippen LogP contribution in [0.15, 0.2) is 0 Å². The molecule has 1 aromatic rings. The summed E-state index contributed by atoms with van der Waals surface area (Å²) >= 11 is 0. The Hall–Kier alpha value is -1.12. The van der Waals surface area contributed by atoms with Gasteiger partial charge in [-0.2, -0.15) is 0 Å². The second-order valence-electron chi connectivity index (χ2n) is 4.75. The molecule has 0 aliphatic heterocycles. The van der Waals surface area contributed by atoms with Crippen LogP contribution in [0.1, 0.15) is 56.6 Å². The van der Waals surface area contributed by atoms with E-state index in [-0.39, 0.29) is 0 Å². The molecule has 1 N–H and O–H groups in total. The third-order valence-corrected chi connectivity index (χ3v) is 3.34. The van der Waals surface area contributed by atoms with E-state index >= 15 is 0 Å². The van der Waals surface area contributed by atoms with Crippen molar-refractivity contribution in [3.63, 3.8) is 0 Å². The number of nitrogens with one attached hydrogen (secondary N) is 1. The van der Waals surface area contributed by atoms with Crippen LogP contribution < -0.4 is 5.32 Å². The SMILES string of the molecule is CCCNc1nc(CC)nc2c1CCCCC2. The molecule has 94 valence electrons. The van der Waals surface area contributed by atoms with Crippen molar-refractivity contribution >= 4 is 5.82 Å². The highest BCUT2D eigenvalue weighted by Crippen LogP contribution is 2.24. The van der Waals surface area contributed by atoms with Crippen LogP contribution in [0.2, 0.25) is 0 Å². The van der Waals surface area contributed by atoms with Crippen LogP contribution in [0, 0.1) is 0 Å². The lowest BCUT2D eigenvalue weighted by Crippen LogP contribution is -2.11. The van der Waals surface area contributed by atoms with Gasteiger partial charge < -0.3 is 5.32 Å². The molecule has 2 rings (SSSR count). The summed E-state index contributed by atoms with van der Waals surface area (Å²) < 4.78 is 0. The Bertz CT molecular complexity index is 374. The smallest absolute Gasteiger partial charge is 0.133 e. The van der Waals surface area contributed by atoms with E-state index in [1.165, 1.54) is 30.5 Å². The summed E-state index contributed by atoms with van der Waals surface area (Å²) in [6.07, 6.45) is 8.22. The molecule has 0 radical (unpaired) electrons. The van der Waals surface area contributed by atoms with Crippen molar-refractivity contribution in [3.8, 4) is 0 Å². The van der Waals surface area contributed by atoms with E-state index in [9.17, 15) is 0 Å². The normalized spacial score (nSPS) is 15.2. The second kappa shape index (κ2) is 5.99. The van der Waals surface area contributed by atoms with Crippen LogP contribution in [-0.4, -0.2) is 16.5 Å². The molecule has 0 fully saturated rings. The Balaban J connectivity index is 2.33. The van der Waals surface area contributed by atoms with Gasteiger partial charge in [-0.25, -0.2) is 9.97 Å². The summed E-state index contributed by atoms with van der Waals surface area (Å²) in [7, 11) is 0. The molecule has 17 heavy (non-hydrogen) atoms. The molecule has 0 saturated heterocycles. The number of anilines is 1. The molecule has 3 heteroatoms. The zero-order valence-corrected chi connectivity index (χ0v) is 11.1. The van der Waals surface area contributed by atoms with Gasteiger partial charge in [-0.15, -0.1) is 0 Å². The van der Waals surface area contributed by atoms with Gasteiger partial charge in [0.05, 0.1) is 0 Å². The monoisotopic (exact) mass is 233 g/mol. The topological polar surface area (TPSA) is 37.8 Å². The largest absolute Gasteiger partial charge is 0.370 e. The van der Waals surface area contributed by atoms with E-state index in [0.29, 0.717) is 0 Å². The van der Waals surface area contributed by atoms with Gasteiger partial charge in [0.25, 0.3) is 0 Å². The number of rotatable bonds is 4. The summed E-state index contributed by atoms with van der Waals surface area (Å²) in [5.41, 5.74) is 2.68. The average Bonchev–Trinajstić information content (AvgIpc) is 2.60. The Morgan fingerprint density at radius 2 is 1.88 bits per heavy atom. The lowest BCUT2D eigenvalue weighted by Gasteiger charge is -2.14. The molecular formula is C14H23N3. The predicted molar refractivity (Wildman–Crippen MR) is 71.4 cm³/mol. The third kappa shape index (κ3) is 2.96. The molecule has 0 bridgehead atoms. The predicted octanol–water partition coefficient (Wildman–Crippen LogP) is 3.13. The van der Waals surface area contributed by atoms with Gasteiger partial charge >= 0.3 is 0 Å². The molecule has 0 atom stereocenters. The molecule has 0 spiro atoms. The highest BCUT2D eigenvalue weighted by atomic mass is 15.0. The number of hydrogen-bond donors (Lipinski definition) is 1. The van der Waals surface area contributed by atoms with Crippen molar-refractivity contribution in [3.05, 3.63) is 17.1 Å². The van der Waals surface area contributed by atoms with Crippen molar-refractivity contribution in [2.75, 3.05) is 11.9 Å². The lowest BCUT2D eigenvalue weighted by atomic mass is 10.1. The molecule has 3 nitrogen and oxygen atoms in total. The van der Waals surface area contributed by atoms with Crippen molar-refractivity contribution in [2.45, 2.75) is 58.8 Å². The van der Waals surface area contributed by atoms with E-state index < -0.39 is 0 Å². The molecule has 1 aliphatic rings. The van der Waals surface area contributed by atoms with Crippen molar-refractivity contribution in [2.24, 2.45) is 0 Å². The first-order valence-electron chi connectivity index (χ1n) is 6.97. The lowest BCUT2D eigenvalue weighted by molar-refractivity contribution is 0.708. The number of nitrogens with zero attached hydrogens (tertiary/aromatic N) is 2. The molecule has 1 heterocycles. The van der Waals surface area contributed by atoms with Gasteiger partial charge in [-0.05, 0) is 32.1 Å². The van der Waals surface area contributed by atoms with Gasteiger partial charge in [0, 0.05) is 24.2 Å². The van der Waals surface area contributed by atoms with Crippen LogP contribution in [0.4, 0.5) is 5.82 Å². The number of hydrogen-bond acceptors (Lipinski definition) is 3. The summed E-state index contributed by atoms with van der Waals surface area (Å²) in [6.45, 7) is 5.32. The summed E-state index contributed by atoms with van der Waals surface area (Å²) in [5.74, 6) is 2.10. The van der Waals surface area contributed by atoms with Crippen molar-refractivity contribution < 1.29 is 0 Å². The maximum Gasteiger partial charge on any atom is 0.133 e. The fourth-order valence-electron chi connectivity index (χ4n) is 2.37. The second-order valence-corrected chi connectivity index (χ2v) is 4.75. The summed E-state index contributed by atoms with van der Waals surface area (Å²) in [6, 6.07) is 0. The summed E-state index contributed by atoms with van der Waals surface area (Å²) in [5, 5.41) is 3.47. The molecule has 0 aromatic carbocycles. The molecule has 1 aliphatic carbocycles. The van der Waals surface area contributed by atoms with E-state index in [1.807, 2.05) is 0 Å². The van der Waals surface area contributed by atoms with Gasteiger partial charge in [0.15, 0.2) is 0 Å². The zero-order valence-electron chi connectivity index (χ0n) is 11.1. The molecule has 0 saturated carbocycles. The van der Waals surface area contributed by atoms with Crippen LogP contribution in [0.25, 0.3) is 0 Å². The van der Waals surface area contributed by atoms with Crippen molar-refractivity contribution in [1.29, 1.82) is 0 Å². The fourth-order valence-corrected chi connectivity index (χ4v) is 2.37. The Labute approximate surface area is 104 Å². The fraction of sp³-hybridized carbons (Fsp3) is 0.714. The molecular weight excluding hydrogens is 210 g/mol. The van der Waals surface area contributed by atoms with E-state index in [1.54, 1.807) is 0 Å². The van der Waals surface area contributed by atoms with Crippen LogP contribution in [0.5, 0.6) is 0 Å². The maximum absolute atomic E-state index is 4.71. The van der Waals surface area contributed by atoms with Gasteiger partial charge in [-0.1, -0.05) is 20.3 Å². The number of aryl methyl sites for hydroxylation is 2. The first-order valence-corrected chi connectivity index (χ1v) is 6.97. The highest BCUT2D eigenvalue weighted by Gasteiger charge is 2.15. The summed E-state index contributed by atoms with van der Waals surface area (Å²) in [4.78, 5) is 9.37. The average molecular weight is 233 g/mol. The van der Waals surface area contributed by atoms with Crippen LogP contribution >= 0.6 is 0 Å². The Morgan fingerprint density at radius 3 is 2.65 bits per heavy atom. The standard InChI is InChI=1S/C14H23N3/c1-3-10-15-14-11-8-6-5-7-9-12(11)16-13(4-2)17-14/h3-10H2,1-2H3,(H,15,16,17). The Morgan fingerprint density at radius 1 is 1.06 bits per heavy atom. The Kier molecular flexibility index (Phi) is 4.35. The van der Waals surface area contributed by atoms with E-state index in [0.717, 1.165) is 43.9 Å². The maximum atomic E-state index is 4.71. The molecule has 1 aromatic heterocycles.